The van der Waals surface area contributed by atoms with E-state index in [1.165, 1.54) is 12.1 Å². The second-order valence-electron chi connectivity index (χ2n) is 3.12. The van der Waals surface area contributed by atoms with Gasteiger partial charge in [0.2, 0.25) is 0 Å². The van der Waals surface area contributed by atoms with E-state index in [4.69, 9.17) is 5.73 Å². The third-order valence-corrected chi connectivity index (χ3v) is 2.87. The minimum Gasteiger partial charge on any atom is -0.399 e. The van der Waals surface area contributed by atoms with Crippen LogP contribution in [0.1, 0.15) is 5.69 Å². The summed E-state index contributed by atoms with van der Waals surface area (Å²) in [5, 5.41) is 0.433. The van der Waals surface area contributed by atoms with E-state index < -0.39 is 11.9 Å². The summed E-state index contributed by atoms with van der Waals surface area (Å²) in [6.45, 7) is 0. The summed E-state index contributed by atoms with van der Waals surface area (Å²) in [5.74, 6) is 0. The van der Waals surface area contributed by atoms with Crippen LogP contribution in [0.15, 0.2) is 22.7 Å². The van der Waals surface area contributed by atoms with Crippen molar-refractivity contribution in [3.8, 4) is 0 Å². The number of hydrogen-bond acceptors (Lipinski definition) is 1. The Morgan fingerprint density at radius 1 is 1.27 bits per heavy atom. The number of hydrogen-bond donors (Lipinski definition) is 2. The number of fused-ring (bicyclic) bond motifs is 1. The molecule has 0 aliphatic rings. The molecule has 2 rings (SSSR count). The van der Waals surface area contributed by atoms with Crippen molar-refractivity contribution in [2.75, 3.05) is 5.73 Å². The molecule has 2 aromatic rings. The summed E-state index contributed by atoms with van der Waals surface area (Å²) in [5.41, 5.74) is 5.54. The Morgan fingerprint density at radius 2 is 1.93 bits per heavy atom. The Kier molecular flexibility index (Phi) is 2.18. The first-order chi connectivity index (χ1) is 6.89. The zero-order valence-corrected chi connectivity index (χ0v) is 8.91. The van der Waals surface area contributed by atoms with Gasteiger partial charge in [0.15, 0.2) is 0 Å². The molecule has 3 N–H and O–H groups in total. The Labute approximate surface area is 91.4 Å². The normalized spacial score (nSPS) is 12.3. The number of alkyl halides is 3. The summed E-state index contributed by atoms with van der Waals surface area (Å²) < 4.78 is 37.5. The third kappa shape index (κ3) is 1.69. The number of nitrogens with one attached hydrogen (secondary N) is 1. The van der Waals surface area contributed by atoms with Gasteiger partial charge in [0.05, 0.1) is 4.47 Å². The molecule has 0 radical (unpaired) electrons. The number of H-pyrrole nitrogens is 1. The van der Waals surface area contributed by atoms with Crippen molar-refractivity contribution < 1.29 is 13.2 Å². The van der Waals surface area contributed by atoms with E-state index >= 15 is 0 Å². The lowest BCUT2D eigenvalue weighted by molar-refractivity contribution is -0.141. The zero-order chi connectivity index (χ0) is 11.2. The predicted octanol–water partition coefficient (Wildman–Crippen LogP) is 3.53. The quantitative estimate of drug-likeness (QED) is 0.712. The van der Waals surface area contributed by atoms with Crippen LogP contribution < -0.4 is 5.73 Å². The maximum atomic E-state index is 12.5. The zero-order valence-electron chi connectivity index (χ0n) is 7.32. The van der Waals surface area contributed by atoms with E-state index in [9.17, 15) is 13.2 Å². The second kappa shape index (κ2) is 3.16. The van der Waals surface area contributed by atoms with Gasteiger partial charge in [-0.15, -0.1) is 0 Å². The highest BCUT2D eigenvalue weighted by Gasteiger charge is 2.35. The molecule has 0 atom stereocenters. The van der Waals surface area contributed by atoms with Crippen LogP contribution in [-0.4, -0.2) is 4.98 Å². The standard InChI is InChI=1S/C9H6BrF3N2/c10-7-5-3-4(14)1-2-6(5)15-8(7)9(11,12)13/h1-3,15H,14H2. The fourth-order valence-electron chi connectivity index (χ4n) is 1.37. The van der Waals surface area contributed by atoms with E-state index in [1.54, 1.807) is 6.07 Å². The SMILES string of the molecule is Nc1ccc2[nH]c(C(F)(F)F)c(Br)c2c1. The van der Waals surface area contributed by atoms with Crippen molar-refractivity contribution in [3.63, 3.8) is 0 Å². The highest BCUT2D eigenvalue weighted by Crippen LogP contribution is 2.38. The Bertz CT molecular complexity index is 516. The minimum atomic E-state index is -4.40. The van der Waals surface area contributed by atoms with Gasteiger partial charge in [-0.05, 0) is 34.1 Å². The summed E-state index contributed by atoms with van der Waals surface area (Å²) in [7, 11) is 0. The van der Waals surface area contributed by atoms with Gasteiger partial charge in [-0.2, -0.15) is 13.2 Å². The van der Waals surface area contributed by atoms with Crippen LogP contribution in [0, 0.1) is 0 Å². The summed E-state index contributed by atoms with van der Waals surface area (Å²) >= 11 is 2.91. The average molecular weight is 279 g/mol. The van der Waals surface area contributed by atoms with Gasteiger partial charge in [-0.3, -0.25) is 0 Å². The first-order valence-corrected chi connectivity index (χ1v) is 4.83. The van der Waals surface area contributed by atoms with Crippen LogP contribution in [0.2, 0.25) is 0 Å². The monoisotopic (exact) mass is 278 g/mol. The predicted molar refractivity (Wildman–Crippen MR) is 55.4 cm³/mol. The van der Waals surface area contributed by atoms with E-state index in [0.29, 0.717) is 16.6 Å². The molecular formula is C9H6BrF3N2. The first-order valence-electron chi connectivity index (χ1n) is 4.03. The summed E-state index contributed by atoms with van der Waals surface area (Å²) in [4.78, 5) is 2.30. The second-order valence-corrected chi connectivity index (χ2v) is 3.91. The van der Waals surface area contributed by atoms with Gasteiger partial charge in [0.1, 0.15) is 5.69 Å². The molecule has 1 aromatic heterocycles. The van der Waals surface area contributed by atoms with E-state index in [1.807, 2.05) is 0 Å². The molecule has 15 heavy (non-hydrogen) atoms. The van der Waals surface area contributed by atoms with Gasteiger partial charge in [0, 0.05) is 16.6 Å². The molecule has 0 fully saturated rings. The molecule has 6 heteroatoms. The number of nitrogens with two attached hydrogens (primary N) is 1. The summed E-state index contributed by atoms with van der Waals surface area (Å²) in [6, 6.07) is 4.56. The highest BCUT2D eigenvalue weighted by atomic mass is 79.9. The molecule has 0 aliphatic carbocycles. The maximum absolute atomic E-state index is 12.5. The molecule has 1 aromatic carbocycles. The molecule has 2 nitrogen and oxygen atoms in total. The van der Waals surface area contributed by atoms with Crippen LogP contribution in [0.3, 0.4) is 0 Å². The van der Waals surface area contributed by atoms with Crippen molar-refractivity contribution in [1.82, 2.24) is 4.98 Å². The smallest absolute Gasteiger partial charge is 0.399 e. The highest BCUT2D eigenvalue weighted by molar-refractivity contribution is 9.10. The number of aromatic amines is 1. The average Bonchev–Trinajstić information content (AvgIpc) is 2.43. The molecule has 0 spiro atoms. The molecule has 0 saturated heterocycles. The third-order valence-electron chi connectivity index (χ3n) is 2.04. The lowest BCUT2D eigenvalue weighted by Crippen LogP contribution is -2.05. The minimum absolute atomic E-state index is 0.00250. The first kappa shape index (κ1) is 10.4. The molecule has 80 valence electrons. The van der Waals surface area contributed by atoms with Gasteiger partial charge >= 0.3 is 6.18 Å². The van der Waals surface area contributed by atoms with Crippen molar-refractivity contribution >= 4 is 32.5 Å². The number of aromatic nitrogens is 1. The number of halogens is 4. The molecule has 1 heterocycles. The molecule has 0 unspecified atom stereocenters. The Hall–Kier alpha value is -1.17. The van der Waals surface area contributed by atoms with Crippen LogP contribution in [0.4, 0.5) is 18.9 Å². The number of nitrogen functional groups attached to an aromatic ring is 1. The van der Waals surface area contributed by atoms with Crippen LogP contribution in [-0.2, 0) is 6.18 Å². The molecule has 0 amide bonds. The van der Waals surface area contributed by atoms with E-state index in [2.05, 4.69) is 20.9 Å². The van der Waals surface area contributed by atoms with Gasteiger partial charge in [-0.1, -0.05) is 0 Å². The number of rotatable bonds is 0. The van der Waals surface area contributed by atoms with Crippen molar-refractivity contribution in [2.24, 2.45) is 0 Å². The number of anilines is 1. The molecular weight excluding hydrogens is 273 g/mol. The largest absolute Gasteiger partial charge is 0.432 e. The fraction of sp³-hybridized carbons (Fsp3) is 0.111. The van der Waals surface area contributed by atoms with Gasteiger partial charge in [-0.25, -0.2) is 0 Å². The van der Waals surface area contributed by atoms with Gasteiger partial charge < -0.3 is 10.7 Å². The van der Waals surface area contributed by atoms with Crippen molar-refractivity contribution in [1.29, 1.82) is 0 Å². The van der Waals surface area contributed by atoms with Crippen LogP contribution >= 0.6 is 15.9 Å². The topological polar surface area (TPSA) is 41.8 Å². The van der Waals surface area contributed by atoms with Crippen LogP contribution in [0.25, 0.3) is 10.9 Å². The fourth-order valence-corrected chi connectivity index (χ4v) is 2.02. The van der Waals surface area contributed by atoms with Crippen LogP contribution in [0.5, 0.6) is 0 Å². The summed E-state index contributed by atoms with van der Waals surface area (Å²) in [6.07, 6.45) is -4.40. The van der Waals surface area contributed by atoms with E-state index in [-0.39, 0.29) is 4.47 Å². The van der Waals surface area contributed by atoms with E-state index in [0.717, 1.165) is 0 Å². The van der Waals surface area contributed by atoms with Gasteiger partial charge in [0.25, 0.3) is 0 Å². The lowest BCUT2D eigenvalue weighted by atomic mass is 10.2. The van der Waals surface area contributed by atoms with Crippen molar-refractivity contribution in [3.05, 3.63) is 28.4 Å². The molecule has 0 aliphatic heterocycles. The Balaban J connectivity index is 2.76. The molecule has 0 bridgehead atoms. The maximum Gasteiger partial charge on any atom is 0.432 e. The molecule has 0 saturated carbocycles. The van der Waals surface area contributed by atoms with Crippen molar-refractivity contribution in [2.45, 2.75) is 6.18 Å². The number of benzene rings is 1. The Morgan fingerprint density at radius 3 is 2.53 bits per heavy atom. The lowest BCUT2D eigenvalue weighted by Gasteiger charge is -2.03.